The second-order valence-electron chi connectivity index (χ2n) is 6.27. The van der Waals surface area contributed by atoms with Gasteiger partial charge in [0, 0.05) is 39.3 Å². The first kappa shape index (κ1) is 17.4. The van der Waals surface area contributed by atoms with Gasteiger partial charge in [-0.15, -0.1) is 0 Å². The number of hydrogen-bond donors (Lipinski definition) is 1. The number of ether oxygens (including phenoxy) is 1. The van der Waals surface area contributed by atoms with Crippen LogP contribution in [0.15, 0.2) is 0 Å². The Morgan fingerprint density at radius 1 is 1.25 bits per heavy atom. The maximum atomic E-state index is 12.1. The van der Waals surface area contributed by atoms with Gasteiger partial charge in [0.2, 0.25) is 0 Å². The van der Waals surface area contributed by atoms with Crippen molar-refractivity contribution in [2.24, 2.45) is 5.92 Å². The smallest absolute Gasteiger partial charge is 0.327 e. The molecule has 1 rings (SSSR count). The van der Waals surface area contributed by atoms with E-state index in [1.165, 1.54) is 0 Å². The van der Waals surface area contributed by atoms with Crippen molar-refractivity contribution in [2.75, 3.05) is 52.9 Å². The number of likely N-dealkylation sites (N-methyl/N-ethyl adjacent to an activating group) is 1. The molecule has 1 atom stereocenters. The Bertz CT molecular complexity index is 301. The van der Waals surface area contributed by atoms with Gasteiger partial charge in [-0.2, -0.15) is 0 Å². The van der Waals surface area contributed by atoms with Crippen LogP contribution in [-0.4, -0.2) is 74.2 Å². The van der Waals surface area contributed by atoms with Crippen LogP contribution in [0.2, 0.25) is 0 Å². The quantitative estimate of drug-likeness (QED) is 0.701. The summed E-state index contributed by atoms with van der Waals surface area (Å²) in [4.78, 5) is 16.9. The normalized spacial score (nSPS) is 20.9. The predicted molar refractivity (Wildman–Crippen MR) is 81.8 cm³/mol. The zero-order valence-corrected chi connectivity index (χ0v) is 13.7. The Morgan fingerprint density at radius 2 is 1.80 bits per heavy atom. The molecule has 0 aromatic heterocycles. The monoisotopic (exact) mass is 285 g/mol. The van der Waals surface area contributed by atoms with Gasteiger partial charge in [-0.05, 0) is 26.8 Å². The standard InChI is InChI=1S/C15H31N3O2/c1-6-20-14(19)15(4,16-5)12-18-9-7-17(8-10-18)11-13(2)3/h13,16H,6-12H2,1-5H3. The van der Waals surface area contributed by atoms with Crippen LogP contribution >= 0.6 is 0 Å². The van der Waals surface area contributed by atoms with Crippen molar-refractivity contribution in [3.8, 4) is 0 Å². The van der Waals surface area contributed by atoms with Gasteiger partial charge in [0.25, 0.3) is 0 Å². The molecule has 1 aliphatic heterocycles. The van der Waals surface area contributed by atoms with Crippen LogP contribution in [0.4, 0.5) is 0 Å². The second kappa shape index (κ2) is 7.96. The molecule has 0 aliphatic carbocycles. The summed E-state index contributed by atoms with van der Waals surface area (Å²) in [5.74, 6) is 0.552. The van der Waals surface area contributed by atoms with Gasteiger partial charge >= 0.3 is 5.97 Å². The van der Waals surface area contributed by atoms with Crippen LogP contribution in [-0.2, 0) is 9.53 Å². The lowest BCUT2D eigenvalue weighted by molar-refractivity contribution is -0.151. The molecule has 1 fully saturated rings. The molecule has 1 aliphatic rings. The number of rotatable bonds is 7. The van der Waals surface area contributed by atoms with Crippen LogP contribution in [0.25, 0.3) is 0 Å². The fourth-order valence-corrected chi connectivity index (χ4v) is 2.63. The van der Waals surface area contributed by atoms with Crippen molar-refractivity contribution in [2.45, 2.75) is 33.2 Å². The number of nitrogens with zero attached hydrogens (tertiary/aromatic N) is 2. The van der Waals surface area contributed by atoms with Gasteiger partial charge in [0.05, 0.1) is 6.61 Å². The van der Waals surface area contributed by atoms with Crippen molar-refractivity contribution in [1.29, 1.82) is 0 Å². The first-order valence-electron chi connectivity index (χ1n) is 7.72. The minimum atomic E-state index is -0.615. The van der Waals surface area contributed by atoms with Gasteiger partial charge in [-0.25, -0.2) is 0 Å². The summed E-state index contributed by atoms with van der Waals surface area (Å²) in [7, 11) is 1.83. The van der Waals surface area contributed by atoms with Crippen molar-refractivity contribution in [3.63, 3.8) is 0 Å². The number of carbonyl (C=O) groups excluding carboxylic acids is 1. The van der Waals surface area contributed by atoms with E-state index in [2.05, 4.69) is 29.0 Å². The molecule has 0 amide bonds. The molecule has 0 spiro atoms. The Balaban J connectivity index is 2.46. The third-order valence-electron chi connectivity index (χ3n) is 3.91. The van der Waals surface area contributed by atoms with E-state index in [1.54, 1.807) is 0 Å². The largest absolute Gasteiger partial charge is 0.465 e. The van der Waals surface area contributed by atoms with E-state index >= 15 is 0 Å². The van der Waals surface area contributed by atoms with E-state index in [1.807, 2.05) is 20.9 Å². The van der Waals surface area contributed by atoms with Crippen LogP contribution in [0.1, 0.15) is 27.7 Å². The average Bonchev–Trinajstić information content (AvgIpc) is 2.40. The highest BCUT2D eigenvalue weighted by Gasteiger charge is 2.35. The van der Waals surface area contributed by atoms with Gasteiger partial charge in [-0.1, -0.05) is 13.8 Å². The second-order valence-corrected chi connectivity index (χ2v) is 6.27. The Hall–Kier alpha value is -0.650. The molecule has 1 N–H and O–H groups in total. The molecule has 1 unspecified atom stereocenters. The summed E-state index contributed by atoms with van der Waals surface area (Å²) >= 11 is 0. The minimum Gasteiger partial charge on any atom is -0.465 e. The molecular weight excluding hydrogens is 254 g/mol. The van der Waals surface area contributed by atoms with E-state index in [4.69, 9.17) is 4.74 Å². The van der Waals surface area contributed by atoms with Crippen LogP contribution < -0.4 is 5.32 Å². The molecule has 0 aromatic rings. The number of hydrogen-bond acceptors (Lipinski definition) is 5. The van der Waals surface area contributed by atoms with Crippen molar-refractivity contribution in [1.82, 2.24) is 15.1 Å². The fraction of sp³-hybridized carbons (Fsp3) is 0.933. The molecule has 0 saturated carbocycles. The number of nitrogens with one attached hydrogen (secondary N) is 1. The molecule has 20 heavy (non-hydrogen) atoms. The molecule has 0 bridgehead atoms. The minimum absolute atomic E-state index is 0.160. The number of esters is 1. The lowest BCUT2D eigenvalue weighted by Gasteiger charge is -2.39. The summed E-state index contributed by atoms with van der Waals surface area (Å²) < 4.78 is 5.17. The molecule has 5 nitrogen and oxygen atoms in total. The zero-order valence-electron chi connectivity index (χ0n) is 13.7. The molecule has 0 radical (unpaired) electrons. The van der Waals surface area contributed by atoms with Crippen LogP contribution in [0.3, 0.4) is 0 Å². The number of piperazine rings is 1. The van der Waals surface area contributed by atoms with Gasteiger partial charge in [0.1, 0.15) is 5.54 Å². The lowest BCUT2D eigenvalue weighted by atomic mass is 10.0. The summed E-state index contributed by atoms with van der Waals surface area (Å²) in [5, 5.41) is 3.12. The highest BCUT2D eigenvalue weighted by Crippen LogP contribution is 2.12. The molecule has 5 heteroatoms. The van der Waals surface area contributed by atoms with Crippen molar-refractivity contribution < 1.29 is 9.53 Å². The molecule has 0 aromatic carbocycles. The summed E-state index contributed by atoms with van der Waals surface area (Å²) in [6.45, 7) is 14.8. The van der Waals surface area contributed by atoms with Gasteiger partial charge in [0.15, 0.2) is 0 Å². The molecule has 1 saturated heterocycles. The molecule has 1 heterocycles. The van der Waals surface area contributed by atoms with E-state index < -0.39 is 5.54 Å². The van der Waals surface area contributed by atoms with Crippen molar-refractivity contribution >= 4 is 5.97 Å². The highest BCUT2D eigenvalue weighted by atomic mass is 16.5. The lowest BCUT2D eigenvalue weighted by Crippen LogP contribution is -2.59. The first-order chi connectivity index (χ1) is 9.41. The van der Waals surface area contributed by atoms with Crippen molar-refractivity contribution in [3.05, 3.63) is 0 Å². The Labute approximate surface area is 123 Å². The topological polar surface area (TPSA) is 44.8 Å². The fourth-order valence-electron chi connectivity index (χ4n) is 2.63. The highest BCUT2D eigenvalue weighted by molar-refractivity contribution is 5.80. The zero-order chi connectivity index (χ0) is 15.2. The third kappa shape index (κ3) is 5.04. The van der Waals surface area contributed by atoms with Gasteiger partial charge < -0.3 is 15.0 Å². The predicted octanol–water partition coefficient (Wildman–Crippen LogP) is 0.801. The summed E-state index contributed by atoms with van der Waals surface area (Å²) in [6, 6.07) is 0. The van der Waals surface area contributed by atoms with Gasteiger partial charge in [-0.3, -0.25) is 9.69 Å². The SMILES string of the molecule is CCOC(=O)C(C)(CN1CCN(CC(C)C)CC1)NC. The molecular formula is C15H31N3O2. The molecule has 118 valence electrons. The van der Waals surface area contributed by atoms with E-state index in [0.717, 1.165) is 32.7 Å². The first-order valence-corrected chi connectivity index (χ1v) is 7.72. The maximum Gasteiger partial charge on any atom is 0.327 e. The van der Waals surface area contributed by atoms with E-state index in [0.29, 0.717) is 19.1 Å². The third-order valence-corrected chi connectivity index (χ3v) is 3.91. The Morgan fingerprint density at radius 3 is 2.25 bits per heavy atom. The maximum absolute atomic E-state index is 12.1. The summed E-state index contributed by atoms with van der Waals surface area (Å²) in [5.41, 5.74) is -0.615. The van der Waals surface area contributed by atoms with Crippen LogP contribution in [0.5, 0.6) is 0 Å². The summed E-state index contributed by atoms with van der Waals surface area (Å²) in [6.07, 6.45) is 0. The Kier molecular flexibility index (Phi) is 6.92. The van der Waals surface area contributed by atoms with Crippen LogP contribution in [0, 0.1) is 5.92 Å². The van der Waals surface area contributed by atoms with E-state index in [9.17, 15) is 4.79 Å². The average molecular weight is 285 g/mol. The number of carbonyl (C=O) groups is 1. The van der Waals surface area contributed by atoms with E-state index in [-0.39, 0.29) is 5.97 Å².